The topological polar surface area (TPSA) is 33.3 Å². The van der Waals surface area contributed by atoms with Gasteiger partial charge in [0.2, 0.25) is 0 Å². The quantitative estimate of drug-likeness (QED) is 0.840. The summed E-state index contributed by atoms with van der Waals surface area (Å²) in [6.45, 7) is 4.38. The summed E-state index contributed by atoms with van der Waals surface area (Å²) in [6.07, 6.45) is 3.95. The summed E-state index contributed by atoms with van der Waals surface area (Å²) in [7, 11) is 1.73. The summed E-state index contributed by atoms with van der Waals surface area (Å²) >= 11 is 0. The molecule has 1 aliphatic rings. The summed E-state index contributed by atoms with van der Waals surface area (Å²) in [6, 6.07) is 9.17. The molecule has 0 radical (unpaired) electrons. The molecule has 0 amide bonds. The molecular formula is C15H24N2O. The lowest BCUT2D eigenvalue weighted by molar-refractivity contribution is 0.364. The van der Waals surface area contributed by atoms with E-state index in [2.05, 4.69) is 29.7 Å². The highest BCUT2D eigenvalue weighted by Crippen LogP contribution is 2.24. The van der Waals surface area contributed by atoms with Crippen LogP contribution in [0, 0.1) is 0 Å². The first-order chi connectivity index (χ1) is 8.81. The van der Waals surface area contributed by atoms with E-state index in [1.165, 1.54) is 24.8 Å². The Morgan fingerprint density at radius 2 is 2.22 bits per heavy atom. The van der Waals surface area contributed by atoms with Crippen molar-refractivity contribution in [1.82, 2.24) is 10.6 Å². The Labute approximate surface area is 110 Å². The molecule has 2 N–H and O–H groups in total. The molecule has 0 bridgehead atoms. The fourth-order valence-electron chi connectivity index (χ4n) is 2.55. The Bertz CT molecular complexity index is 361. The van der Waals surface area contributed by atoms with Crippen molar-refractivity contribution in [3.63, 3.8) is 0 Å². The number of methoxy groups -OCH3 is 1. The second kappa shape index (κ2) is 6.76. The first kappa shape index (κ1) is 13.4. The third-order valence-corrected chi connectivity index (χ3v) is 3.69. The molecule has 0 aliphatic carbocycles. The number of para-hydroxylation sites is 1. The van der Waals surface area contributed by atoms with E-state index in [0.29, 0.717) is 12.1 Å². The first-order valence-corrected chi connectivity index (χ1v) is 6.91. The number of nitrogens with one attached hydrogen (secondary N) is 2. The summed E-state index contributed by atoms with van der Waals surface area (Å²) in [5.74, 6) is 0.967. The van der Waals surface area contributed by atoms with Crippen LogP contribution in [0.4, 0.5) is 0 Å². The van der Waals surface area contributed by atoms with E-state index in [-0.39, 0.29) is 0 Å². The Morgan fingerprint density at radius 3 is 2.94 bits per heavy atom. The zero-order chi connectivity index (χ0) is 12.8. The van der Waals surface area contributed by atoms with Crippen LogP contribution in [0.5, 0.6) is 5.75 Å². The van der Waals surface area contributed by atoms with Crippen molar-refractivity contribution in [2.75, 3.05) is 20.2 Å². The van der Waals surface area contributed by atoms with Gasteiger partial charge in [-0.15, -0.1) is 0 Å². The Kier molecular flexibility index (Phi) is 5.02. The van der Waals surface area contributed by atoms with Crippen molar-refractivity contribution in [3.8, 4) is 5.75 Å². The van der Waals surface area contributed by atoms with Crippen LogP contribution in [-0.2, 0) is 0 Å². The van der Waals surface area contributed by atoms with Gasteiger partial charge in [0.25, 0.3) is 0 Å². The molecule has 3 nitrogen and oxygen atoms in total. The lowest BCUT2D eigenvalue weighted by Gasteiger charge is -2.26. The van der Waals surface area contributed by atoms with Crippen molar-refractivity contribution in [2.45, 2.75) is 38.3 Å². The van der Waals surface area contributed by atoms with Gasteiger partial charge in [0.15, 0.2) is 0 Å². The molecule has 0 aromatic heterocycles. The molecule has 1 aromatic rings. The molecular weight excluding hydrogens is 224 g/mol. The molecule has 2 unspecified atom stereocenters. The third-order valence-electron chi connectivity index (χ3n) is 3.69. The summed E-state index contributed by atoms with van der Waals surface area (Å²) in [5, 5.41) is 7.16. The van der Waals surface area contributed by atoms with E-state index in [1.54, 1.807) is 7.11 Å². The lowest BCUT2D eigenvalue weighted by atomic mass is 10.0. The van der Waals surface area contributed by atoms with Gasteiger partial charge in [0, 0.05) is 24.2 Å². The maximum Gasteiger partial charge on any atom is 0.123 e. The standard InChI is InChI=1S/C15H24N2O/c1-12(14-8-3-4-9-15(14)18-2)17-11-13-7-5-6-10-16-13/h3-4,8-9,12-13,16-17H,5-7,10-11H2,1-2H3. The van der Waals surface area contributed by atoms with Gasteiger partial charge >= 0.3 is 0 Å². The predicted molar refractivity (Wildman–Crippen MR) is 75.1 cm³/mol. The normalized spacial score (nSPS) is 21.6. The largest absolute Gasteiger partial charge is 0.496 e. The first-order valence-electron chi connectivity index (χ1n) is 6.91. The monoisotopic (exact) mass is 248 g/mol. The summed E-state index contributed by atoms with van der Waals surface area (Å²) < 4.78 is 5.40. The Hall–Kier alpha value is -1.06. The van der Waals surface area contributed by atoms with Gasteiger partial charge in [0.05, 0.1) is 7.11 Å². The highest BCUT2D eigenvalue weighted by Gasteiger charge is 2.15. The number of hydrogen-bond donors (Lipinski definition) is 2. The lowest BCUT2D eigenvalue weighted by Crippen LogP contribution is -2.42. The average Bonchev–Trinajstić information content (AvgIpc) is 2.45. The second-order valence-electron chi connectivity index (χ2n) is 5.02. The molecule has 1 saturated heterocycles. The maximum absolute atomic E-state index is 5.40. The predicted octanol–water partition coefficient (Wildman–Crippen LogP) is 2.49. The molecule has 2 atom stereocenters. The molecule has 0 saturated carbocycles. The minimum absolute atomic E-state index is 0.324. The van der Waals surface area contributed by atoms with Crippen LogP contribution in [0.3, 0.4) is 0 Å². The Balaban J connectivity index is 1.88. The number of ether oxygens (including phenoxy) is 1. The highest BCUT2D eigenvalue weighted by atomic mass is 16.5. The number of piperidine rings is 1. The fourth-order valence-corrected chi connectivity index (χ4v) is 2.55. The van der Waals surface area contributed by atoms with Crippen LogP contribution >= 0.6 is 0 Å². The number of hydrogen-bond acceptors (Lipinski definition) is 3. The van der Waals surface area contributed by atoms with Crippen molar-refractivity contribution in [1.29, 1.82) is 0 Å². The minimum Gasteiger partial charge on any atom is -0.496 e. The molecule has 2 rings (SSSR count). The van der Waals surface area contributed by atoms with Crippen LogP contribution in [0.2, 0.25) is 0 Å². The Morgan fingerprint density at radius 1 is 1.39 bits per heavy atom. The van der Waals surface area contributed by atoms with Crippen molar-refractivity contribution in [3.05, 3.63) is 29.8 Å². The zero-order valence-electron chi connectivity index (χ0n) is 11.4. The summed E-state index contributed by atoms with van der Waals surface area (Å²) in [5.41, 5.74) is 1.23. The minimum atomic E-state index is 0.324. The average molecular weight is 248 g/mol. The summed E-state index contributed by atoms with van der Waals surface area (Å²) in [4.78, 5) is 0. The van der Waals surface area contributed by atoms with Crippen LogP contribution in [0.15, 0.2) is 24.3 Å². The molecule has 100 valence electrons. The molecule has 1 fully saturated rings. The van der Waals surface area contributed by atoms with E-state index >= 15 is 0 Å². The molecule has 1 heterocycles. The van der Waals surface area contributed by atoms with E-state index in [4.69, 9.17) is 4.74 Å². The molecule has 0 spiro atoms. The SMILES string of the molecule is COc1ccccc1C(C)NCC1CCCCN1. The second-order valence-corrected chi connectivity index (χ2v) is 5.02. The fraction of sp³-hybridized carbons (Fsp3) is 0.600. The molecule has 18 heavy (non-hydrogen) atoms. The molecule has 1 aromatic carbocycles. The van der Waals surface area contributed by atoms with Crippen LogP contribution < -0.4 is 15.4 Å². The smallest absolute Gasteiger partial charge is 0.123 e. The number of rotatable bonds is 5. The third kappa shape index (κ3) is 3.47. The number of benzene rings is 1. The molecule has 1 aliphatic heterocycles. The van der Waals surface area contributed by atoms with E-state index in [9.17, 15) is 0 Å². The zero-order valence-corrected chi connectivity index (χ0v) is 11.4. The van der Waals surface area contributed by atoms with Crippen LogP contribution in [0.1, 0.15) is 37.8 Å². The van der Waals surface area contributed by atoms with Gasteiger partial charge in [-0.1, -0.05) is 24.6 Å². The van der Waals surface area contributed by atoms with E-state index in [0.717, 1.165) is 18.8 Å². The van der Waals surface area contributed by atoms with Crippen LogP contribution in [-0.4, -0.2) is 26.2 Å². The van der Waals surface area contributed by atoms with Crippen molar-refractivity contribution < 1.29 is 4.74 Å². The van der Waals surface area contributed by atoms with Crippen LogP contribution in [0.25, 0.3) is 0 Å². The van der Waals surface area contributed by atoms with Gasteiger partial charge in [-0.2, -0.15) is 0 Å². The maximum atomic E-state index is 5.40. The van der Waals surface area contributed by atoms with Gasteiger partial charge in [-0.3, -0.25) is 0 Å². The van der Waals surface area contributed by atoms with E-state index in [1.807, 2.05) is 12.1 Å². The van der Waals surface area contributed by atoms with Crippen molar-refractivity contribution >= 4 is 0 Å². The van der Waals surface area contributed by atoms with Gasteiger partial charge < -0.3 is 15.4 Å². The van der Waals surface area contributed by atoms with Gasteiger partial charge in [-0.25, -0.2) is 0 Å². The van der Waals surface area contributed by atoms with E-state index < -0.39 is 0 Å². The van der Waals surface area contributed by atoms with Crippen molar-refractivity contribution in [2.24, 2.45) is 0 Å². The molecule has 3 heteroatoms. The van der Waals surface area contributed by atoms with Gasteiger partial charge in [0.1, 0.15) is 5.75 Å². The van der Waals surface area contributed by atoms with Gasteiger partial charge in [-0.05, 0) is 32.4 Å². The highest BCUT2D eigenvalue weighted by molar-refractivity contribution is 5.35.